The van der Waals surface area contributed by atoms with Gasteiger partial charge in [0.1, 0.15) is 5.75 Å². The number of rotatable bonds is 7. The Hall–Kier alpha value is -3.72. The maximum Gasteiger partial charge on any atom is 0.338 e. The van der Waals surface area contributed by atoms with E-state index in [-0.39, 0.29) is 29.3 Å². The number of imide groups is 1. The first kappa shape index (κ1) is 21.5. The predicted octanol–water partition coefficient (Wildman–Crippen LogP) is 2.27. The number of nitrogens with zero attached hydrogens (tertiary/aromatic N) is 1. The largest absolute Gasteiger partial charge is 0.497 e. The van der Waals surface area contributed by atoms with E-state index in [2.05, 4.69) is 5.32 Å². The van der Waals surface area contributed by atoms with Crippen molar-refractivity contribution in [3.05, 3.63) is 59.2 Å². The minimum absolute atomic E-state index is 0.0815. The van der Waals surface area contributed by atoms with E-state index >= 15 is 0 Å². The molecule has 0 bridgehead atoms. The van der Waals surface area contributed by atoms with Crippen molar-refractivity contribution in [2.24, 2.45) is 0 Å². The van der Waals surface area contributed by atoms with E-state index in [1.807, 2.05) is 0 Å². The fourth-order valence-electron chi connectivity index (χ4n) is 3.69. The van der Waals surface area contributed by atoms with Crippen LogP contribution in [0.5, 0.6) is 5.75 Å². The first-order chi connectivity index (χ1) is 15.5. The zero-order chi connectivity index (χ0) is 22.7. The number of ether oxygens (including phenoxy) is 3. The van der Waals surface area contributed by atoms with Gasteiger partial charge in [0.2, 0.25) is 0 Å². The highest BCUT2D eigenvalue weighted by atomic mass is 16.5. The summed E-state index contributed by atoms with van der Waals surface area (Å²) < 4.78 is 15.7. The summed E-state index contributed by atoms with van der Waals surface area (Å²) >= 11 is 0. The van der Waals surface area contributed by atoms with Crippen molar-refractivity contribution in [2.75, 3.05) is 32.2 Å². The van der Waals surface area contributed by atoms with Crippen LogP contribution >= 0.6 is 0 Å². The van der Waals surface area contributed by atoms with Gasteiger partial charge in [-0.05, 0) is 43.2 Å². The van der Waals surface area contributed by atoms with Crippen LogP contribution in [0.25, 0.3) is 0 Å². The number of methoxy groups -OCH3 is 1. The van der Waals surface area contributed by atoms with Gasteiger partial charge < -0.3 is 19.5 Å². The van der Waals surface area contributed by atoms with Crippen molar-refractivity contribution in [1.29, 1.82) is 0 Å². The van der Waals surface area contributed by atoms with E-state index in [0.717, 1.165) is 17.7 Å². The van der Waals surface area contributed by atoms with Gasteiger partial charge in [-0.2, -0.15) is 0 Å². The molecule has 2 heterocycles. The Kier molecular flexibility index (Phi) is 6.18. The highest BCUT2D eigenvalue weighted by molar-refractivity contribution is 6.22. The van der Waals surface area contributed by atoms with Crippen LogP contribution in [0.3, 0.4) is 0 Å². The van der Waals surface area contributed by atoms with E-state index < -0.39 is 30.3 Å². The molecule has 4 rings (SSSR count). The van der Waals surface area contributed by atoms with Gasteiger partial charge in [-0.1, -0.05) is 6.07 Å². The van der Waals surface area contributed by atoms with Gasteiger partial charge in [-0.15, -0.1) is 0 Å². The molecule has 3 amide bonds. The number of amides is 3. The van der Waals surface area contributed by atoms with E-state index in [9.17, 15) is 19.2 Å². The van der Waals surface area contributed by atoms with Crippen LogP contribution < -0.4 is 10.1 Å². The van der Waals surface area contributed by atoms with Crippen LogP contribution in [0.4, 0.5) is 5.69 Å². The van der Waals surface area contributed by atoms with Crippen molar-refractivity contribution in [2.45, 2.75) is 18.9 Å². The lowest BCUT2D eigenvalue weighted by atomic mass is 10.1. The highest BCUT2D eigenvalue weighted by Crippen LogP contribution is 2.26. The Balaban J connectivity index is 1.37. The van der Waals surface area contributed by atoms with Crippen LogP contribution in [0.15, 0.2) is 42.5 Å². The summed E-state index contributed by atoms with van der Waals surface area (Å²) in [5.74, 6) is -1.59. The number of anilines is 1. The number of hydrogen-bond acceptors (Lipinski definition) is 7. The van der Waals surface area contributed by atoms with Gasteiger partial charge in [0.05, 0.1) is 36.4 Å². The third-order valence-electron chi connectivity index (χ3n) is 5.30. The molecular formula is C23H22N2O7. The van der Waals surface area contributed by atoms with Gasteiger partial charge in [0, 0.05) is 18.4 Å². The van der Waals surface area contributed by atoms with Gasteiger partial charge in [0.25, 0.3) is 17.7 Å². The fraction of sp³-hybridized carbons (Fsp3) is 0.304. The third kappa shape index (κ3) is 4.47. The minimum Gasteiger partial charge on any atom is -0.497 e. The number of nitrogens with one attached hydrogen (secondary N) is 1. The molecule has 32 heavy (non-hydrogen) atoms. The zero-order valence-corrected chi connectivity index (χ0v) is 17.5. The molecule has 0 aromatic heterocycles. The molecule has 2 aromatic rings. The highest BCUT2D eigenvalue weighted by Gasteiger charge is 2.38. The molecule has 0 radical (unpaired) electrons. The second kappa shape index (κ2) is 9.19. The van der Waals surface area contributed by atoms with E-state index in [0.29, 0.717) is 18.0 Å². The fourth-order valence-corrected chi connectivity index (χ4v) is 3.69. The van der Waals surface area contributed by atoms with Gasteiger partial charge in [-0.25, -0.2) is 4.79 Å². The molecule has 1 saturated heterocycles. The first-order valence-corrected chi connectivity index (χ1v) is 10.2. The Bertz CT molecular complexity index is 1080. The number of hydrogen-bond donors (Lipinski definition) is 1. The average Bonchev–Trinajstić information content (AvgIpc) is 3.40. The van der Waals surface area contributed by atoms with Crippen molar-refractivity contribution >= 4 is 29.4 Å². The molecular weight excluding hydrogens is 416 g/mol. The number of carbonyl (C=O) groups excluding carboxylic acids is 4. The number of esters is 1. The first-order valence-electron chi connectivity index (χ1n) is 10.2. The maximum atomic E-state index is 12.7. The lowest BCUT2D eigenvalue weighted by Crippen LogP contribution is -2.36. The Morgan fingerprint density at radius 3 is 2.69 bits per heavy atom. The molecule has 0 spiro atoms. The van der Waals surface area contributed by atoms with Crippen LogP contribution in [0.2, 0.25) is 0 Å². The summed E-state index contributed by atoms with van der Waals surface area (Å²) in [6.45, 7) is 0.303. The van der Waals surface area contributed by atoms with Crippen molar-refractivity contribution < 1.29 is 33.4 Å². The molecule has 2 aromatic carbocycles. The number of fused-ring (bicyclic) bond motifs is 1. The number of carbonyl (C=O) groups is 4. The molecule has 1 N–H and O–H groups in total. The standard InChI is InChI=1S/C23H22N2O7/c1-30-16-5-2-4-15(11-16)24-20(26)13-32-23(29)14-7-8-18-19(10-14)22(28)25(21(18)27)12-17-6-3-9-31-17/h2,4-5,7-8,10-11,17H,3,6,9,12-13H2,1H3,(H,24,26)/t17-/m0/s1. The zero-order valence-electron chi connectivity index (χ0n) is 17.5. The van der Waals surface area contributed by atoms with Gasteiger partial charge in [0.15, 0.2) is 6.61 Å². The van der Waals surface area contributed by atoms with E-state index in [4.69, 9.17) is 14.2 Å². The SMILES string of the molecule is COc1cccc(NC(=O)COC(=O)c2ccc3c(c2)C(=O)N(C[C@@H]2CCCO2)C3=O)c1. The third-order valence-corrected chi connectivity index (χ3v) is 5.30. The quantitative estimate of drug-likeness (QED) is 0.521. The Morgan fingerprint density at radius 1 is 1.12 bits per heavy atom. The molecule has 0 unspecified atom stereocenters. The summed E-state index contributed by atoms with van der Waals surface area (Å²) in [6.07, 6.45) is 1.53. The van der Waals surface area contributed by atoms with Crippen molar-refractivity contribution in [3.63, 3.8) is 0 Å². The number of benzene rings is 2. The summed E-state index contributed by atoms with van der Waals surface area (Å²) in [5, 5.41) is 2.60. The Labute approximate surface area is 184 Å². The normalized spacial score (nSPS) is 17.3. The molecule has 166 valence electrons. The lowest BCUT2D eigenvalue weighted by molar-refractivity contribution is -0.119. The van der Waals surface area contributed by atoms with Crippen molar-refractivity contribution in [3.8, 4) is 5.75 Å². The van der Waals surface area contributed by atoms with Gasteiger partial charge in [-0.3, -0.25) is 19.3 Å². The minimum atomic E-state index is -0.772. The second-order valence-electron chi connectivity index (χ2n) is 7.47. The predicted molar refractivity (Wildman–Crippen MR) is 113 cm³/mol. The van der Waals surface area contributed by atoms with Crippen molar-refractivity contribution in [1.82, 2.24) is 4.90 Å². The molecule has 9 heteroatoms. The molecule has 0 aliphatic carbocycles. The smallest absolute Gasteiger partial charge is 0.338 e. The second-order valence-corrected chi connectivity index (χ2v) is 7.47. The maximum absolute atomic E-state index is 12.7. The average molecular weight is 438 g/mol. The summed E-state index contributed by atoms with van der Waals surface area (Å²) in [5.41, 5.74) is 0.958. The topological polar surface area (TPSA) is 111 Å². The van der Waals surface area contributed by atoms with E-state index in [1.165, 1.54) is 25.3 Å². The van der Waals surface area contributed by atoms with Crippen LogP contribution in [0.1, 0.15) is 43.9 Å². The molecule has 1 atom stereocenters. The van der Waals surface area contributed by atoms with Crippen LogP contribution in [0, 0.1) is 0 Å². The van der Waals surface area contributed by atoms with E-state index in [1.54, 1.807) is 24.3 Å². The van der Waals surface area contributed by atoms with Crippen LogP contribution in [-0.2, 0) is 14.3 Å². The summed E-state index contributed by atoms with van der Waals surface area (Å²) in [6, 6.07) is 10.9. The van der Waals surface area contributed by atoms with Crippen LogP contribution in [-0.4, -0.2) is 61.6 Å². The lowest BCUT2D eigenvalue weighted by Gasteiger charge is -2.17. The summed E-state index contributed by atoms with van der Waals surface area (Å²) in [7, 11) is 1.51. The summed E-state index contributed by atoms with van der Waals surface area (Å²) in [4.78, 5) is 50.9. The molecule has 9 nitrogen and oxygen atoms in total. The molecule has 2 aliphatic rings. The Morgan fingerprint density at radius 2 is 1.94 bits per heavy atom. The molecule has 1 fully saturated rings. The monoisotopic (exact) mass is 438 g/mol. The molecule has 2 aliphatic heterocycles. The van der Waals surface area contributed by atoms with Gasteiger partial charge >= 0.3 is 5.97 Å². The molecule has 0 saturated carbocycles.